The van der Waals surface area contributed by atoms with Gasteiger partial charge in [-0.05, 0) is 41.5 Å². The summed E-state index contributed by atoms with van der Waals surface area (Å²) in [7, 11) is 0. The molecule has 0 aliphatic rings. The molecule has 0 heterocycles. The minimum Gasteiger partial charge on any atom is -0.484 e. The summed E-state index contributed by atoms with van der Waals surface area (Å²) in [6.07, 6.45) is 0. The Labute approximate surface area is 146 Å². The van der Waals surface area contributed by atoms with Gasteiger partial charge in [0.2, 0.25) is 0 Å². The van der Waals surface area contributed by atoms with Crippen molar-refractivity contribution in [2.45, 2.75) is 0 Å². The van der Waals surface area contributed by atoms with E-state index in [0.717, 1.165) is 11.1 Å². The second kappa shape index (κ2) is 7.80. The summed E-state index contributed by atoms with van der Waals surface area (Å²) in [5.41, 5.74) is 3.29. The molecule has 0 saturated heterocycles. The summed E-state index contributed by atoms with van der Waals surface area (Å²) in [5, 5.41) is 11.6. The first-order chi connectivity index (χ1) is 12.2. The lowest BCUT2D eigenvalue weighted by atomic mass is 10.1. The first-order valence-corrected chi connectivity index (χ1v) is 7.83. The van der Waals surface area contributed by atoms with Gasteiger partial charge in [0.1, 0.15) is 5.75 Å². The lowest BCUT2D eigenvalue weighted by Gasteiger charge is -2.08. The van der Waals surface area contributed by atoms with Crippen LogP contribution in [0.2, 0.25) is 0 Å². The summed E-state index contributed by atoms with van der Waals surface area (Å²) >= 11 is 0. The molecular weight excluding hydrogens is 312 g/mol. The molecule has 3 aromatic rings. The summed E-state index contributed by atoms with van der Waals surface area (Å²) in [6, 6.07) is 26.4. The Balaban J connectivity index is 1.56. The molecule has 0 aromatic heterocycles. The zero-order valence-electron chi connectivity index (χ0n) is 13.5. The lowest BCUT2D eigenvalue weighted by molar-refractivity contribution is -0.118. The maximum Gasteiger partial charge on any atom is 0.262 e. The second-order valence-corrected chi connectivity index (χ2v) is 5.42. The van der Waals surface area contributed by atoms with E-state index in [-0.39, 0.29) is 12.5 Å². The number of benzene rings is 3. The highest BCUT2D eigenvalue weighted by Crippen LogP contribution is 2.22. The number of rotatable bonds is 5. The maximum absolute atomic E-state index is 12.0. The van der Waals surface area contributed by atoms with Crippen molar-refractivity contribution < 1.29 is 9.53 Å². The molecular formula is C21H16N2O2. The van der Waals surface area contributed by atoms with Gasteiger partial charge < -0.3 is 10.1 Å². The third-order valence-corrected chi connectivity index (χ3v) is 3.61. The number of nitriles is 1. The molecule has 0 unspecified atom stereocenters. The number of carbonyl (C=O) groups is 1. The molecule has 0 radical (unpaired) electrons. The van der Waals surface area contributed by atoms with Gasteiger partial charge in [0.25, 0.3) is 5.91 Å². The third kappa shape index (κ3) is 4.46. The topological polar surface area (TPSA) is 62.1 Å². The van der Waals surface area contributed by atoms with Crippen LogP contribution in [0.4, 0.5) is 5.69 Å². The van der Waals surface area contributed by atoms with Gasteiger partial charge in [-0.2, -0.15) is 5.26 Å². The number of nitrogens with zero attached hydrogens (tertiary/aromatic N) is 1. The first-order valence-electron chi connectivity index (χ1n) is 7.83. The van der Waals surface area contributed by atoms with Crippen molar-refractivity contribution in [3.05, 3.63) is 84.4 Å². The molecule has 3 rings (SSSR count). The van der Waals surface area contributed by atoms with Crippen LogP contribution in [0.5, 0.6) is 5.75 Å². The number of hydrogen-bond acceptors (Lipinski definition) is 3. The summed E-state index contributed by atoms with van der Waals surface area (Å²) in [4.78, 5) is 12.0. The Morgan fingerprint density at radius 2 is 1.64 bits per heavy atom. The van der Waals surface area contributed by atoms with Gasteiger partial charge in [0.05, 0.1) is 11.6 Å². The first kappa shape index (κ1) is 16.3. The molecule has 0 atom stereocenters. The van der Waals surface area contributed by atoms with E-state index in [0.29, 0.717) is 17.0 Å². The largest absolute Gasteiger partial charge is 0.484 e. The molecule has 0 fully saturated rings. The fraction of sp³-hybridized carbons (Fsp3) is 0.0476. The zero-order chi connectivity index (χ0) is 17.5. The molecule has 0 aliphatic heterocycles. The van der Waals surface area contributed by atoms with Gasteiger partial charge in [-0.1, -0.05) is 48.5 Å². The highest BCUT2D eigenvalue weighted by Gasteiger charge is 2.05. The normalized spacial score (nSPS) is 9.88. The van der Waals surface area contributed by atoms with Crippen LogP contribution >= 0.6 is 0 Å². The highest BCUT2D eigenvalue weighted by molar-refractivity contribution is 5.92. The molecule has 4 heteroatoms. The second-order valence-electron chi connectivity index (χ2n) is 5.42. The quantitative estimate of drug-likeness (QED) is 0.762. The Kier molecular flexibility index (Phi) is 5.08. The molecule has 0 aliphatic carbocycles. The summed E-state index contributed by atoms with van der Waals surface area (Å²) < 4.78 is 5.51. The van der Waals surface area contributed by atoms with E-state index in [4.69, 9.17) is 10.00 Å². The predicted molar refractivity (Wildman–Crippen MR) is 97.2 cm³/mol. The van der Waals surface area contributed by atoms with Crippen LogP contribution in [0, 0.1) is 11.3 Å². The van der Waals surface area contributed by atoms with Crippen molar-refractivity contribution in [1.29, 1.82) is 5.26 Å². The van der Waals surface area contributed by atoms with E-state index in [2.05, 4.69) is 5.32 Å². The van der Waals surface area contributed by atoms with Gasteiger partial charge in [-0.3, -0.25) is 4.79 Å². The molecule has 0 bridgehead atoms. The SMILES string of the molecule is N#Cc1cccc(NC(=O)COc2ccc(-c3ccccc3)cc2)c1. The minimum absolute atomic E-state index is 0.0958. The van der Waals surface area contributed by atoms with E-state index in [1.807, 2.05) is 60.7 Å². The van der Waals surface area contributed by atoms with Crippen molar-refractivity contribution in [3.63, 3.8) is 0 Å². The number of hydrogen-bond donors (Lipinski definition) is 1. The van der Waals surface area contributed by atoms with E-state index in [9.17, 15) is 4.79 Å². The fourth-order valence-electron chi connectivity index (χ4n) is 2.39. The number of ether oxygens (including phenoxy) is 1. The zero-order valence-corrected chi connectivity index (χ0v) is 13.5. The minimum atomic E-state index is -0.276. The number of carbonyl (C=O) groups excluding carboxylic acids is 1. The smallest absolute Gasteiger partial charge is 0.262 e. The molecule has 4 nitrogen and oxygen atoms in total. The van der Waals surface area contributed by atoms with Gasteiger partial charge >= 0.3 is 0 Å². The number of nitrogens with one attached hydrogen (secondary N) is 1. The molecule has 3 aromatic carbocycles. The van der Waals surface area contributed by atoms with Gasteiger partial charge in [-0.25, -0.2) is 0 Å². The van der Waals surface area contributed by atoms with Crippen LogP contribution in [-0.2, 0) is 4.79 Å². The van der Waals surface area contributed by atoms with Gasteiger partial charge in [0.15, 0.2) is 6.61 Å². The Morgan fingerprint density at radius 3 is 2.36 bits per heavy atom. The van der Waals surface area contributed by atoms with Crippen LogP contribution in [0.15, 0.2) is 78.9 Å². The van der Waals surface area contributed by atoms with Crippen LogP contribution in [0.3, 0.4) is 0 Å². The highest BCUT2D eigenvalue weighted by atomic mass is 16.5. The predicted octanol–water partition coefficient (Wildman–Crippen LogP) is 4.24. The maximum atomic E-state index is 12.0. The van der Waals surface area contributed by atoms with Gasteiger partial charge in [-0.15, -0.1) is 0 Å². The van der Waals surface area contributed by atoms with Crippen LogP contribution < -0.4 is 10.1 Å². The van der Waals surface area contributed by atoms with Crippen LogP contribution in [0.1, 0.15) is 5.56 Å². The summed E-state index contributed by atoms with van der Waals surface area (Å²) in [6.45, 7) is -0.0958. The van der Waals surface area contributed by atoms with E-state index in [1.165, 1.54) is 0 Å². The fourth-order valence-corrected chi connectivity index (χ4v) is 2.39. The van der Waals surface area contributed by atoms with Gasteiger partial charge in [0, 0.05) is 5.69 Å². The van der Waals surface area contributed by atoms with Crippen LogP contribution in [-0.4, -0.2) is 12.5 Å². The molecule has 25 heavy (non-hydrogen) atoms. The molecule has 1 amide bonds. The van der Waals surface area contributed by atoms with E-state index in [1.54, 1.807) is 24.3 Å². The lowest BCUT2D eigenvalue weighted by Crippen LogP contribution is -2.20. The number of anilines is 1. The molecule has 122 valence electrons. The standard InChI is InChI=1S/C21H16N2O2/c22-14-16-5-4-8-19(13-16)23-21(24)15-25-20-11-9-18(10-12-20)17-6-2-1-3-7-17/h1-13H,15H2,(H,23,24). The Morgan fingerprint density at radius 1 is 0.920 bits per heavy atom. The Bertz CT molecular complexity index is 897. The number of amides is 1. The van der Waals surface area contributed by atoms with Crippen LogP contribution in [0.25, 0.3) is 11.1 Å². The van der Waals surface area contributed by atoms with Crippen molar-refractivity contribution in [2.24, 2.45) is 0 Å². The van der Waals surface area contributed by atoms with E-state index >= 15 is 0 Å². The average molecular weight is 328 g/mol. The average Bonchev–Trinajstić information content (AvgIpc) is 2.67. The van der Waals surface area contributed by atoms with E-state index < -0.39 is 0 Å². The van der Waals surface area contributed by atoms with Crippen molar-refractivity contribution >= 4 is 11.6 Å². The molecule has 0 spiro atoms. The van der Waals surface area contributed by atoms with Crippen molar-refractivity contribution in [3.8, 4) is 22.9 Å². The van der Waals surface area contributed by atoms with Crippen molar-refractivity contribution in [2.75, 3.05) is 11.9 Å². The van der Waals surface area contributed by atoms with Crippen molar-refractivity contribution in [1.82, 2.24) is 0 Å². The summed E-state index contributed by atoms with van der Waals surface area (Å²) in [5.74, 6) is 0.350. The monoisotopic (exact) mass is 328 g/mol. The molecule has 1 N–H and O–H groups in total. The third-order valence-electron chi connectivity index (χ3n) is 3.61. The Hall–Kier alpha value is -3.58. The molecule has 0 saturated carbocycles.